The van der Waals surface area contributed by atoms with Crippen molar-refractivity contribution in [3.8, 4) is 0 Å². The van der Waals surface area contributed by atoms with E-state index in [4.69, 9.17) is 5.11 Å². The molecule has 1 atom stereocenters. The number of rotatable bonds is 2. The topological polar surface area (TPSA) is 33.1 Å². The lowest BCUT2D eigenvalue weighted by Gasteiger charge is -2.01. The molecule has 1 heterocycles. The van der Waals surface area contributed by atoms with E-state index in [0.29, 0.717) is 0 Å². The fourth-order valence-corrected chi connectivity index (χ4v) is 1.05. The van der Waals surface area contributed by atoms with Gasteiger partial charge in [0.05, 0.1) is 6.10 Å². The van der Waals surface area contributed by atoms with Gasteiger partial charge in [0.2, 0.25) is 0 Å². The fraction of sp³-hybridized carbons (Fsp3) is 0.300. The Labute approximate surface area is 72.6 Å². The third kappa shape index (κ3) is 2.47. The maximum atomic E-state index is 9.09. The molecule has 0 saturated heterocycles. The molecule has 0 amide bonds. The summed E-state index contributed by atoms with van der Waals surface area (Å²) in [5.74, 6) is 0. The van der Waals surface area contributed by atoms with Gasteiger partial charge in [-0.25, -0.2) is 0 Å². The summed E-state index contributed by atoms with van der Waals surface area (Å²) in [7, 11) is 0. The molecule has 1 rings (SSSR count). The predicted octanol–water partition coefficient (Wildman–Crippen LogP) is 1.87. The van der Waals surface area contributed by atoms with E-state index in [1.54, 1.807) is 25.4 Å². The zero-order valence-corrected chi connectivity index (χ0v) is 7.36. The van der Waals surface area contributed by atoms with Crippen molar-refractivity contribution in [2.24, 2.45) is 0 Å². The molecule has 0 bridgehead atoms. The third-order valence-corrected chi connectivity index (χ3v) is 1.61. The second-order valence-electron chi connectivity index (χ2n) is 2.83. The van der Waals surface area contributed by atoms with Gasteiger partial charge in [-0.15, -0.1) is 0 Å². The summed E-state index contributed by atoms with van der Waals surface area (Å²) in [4.78, 5) is 3.99. The quantitative estimate of drug-likeness (QED) is 0.722. The van der Waals surface area contributed by atoms with Crippen molar-refractivity contribution < 1.29 is 5.11 Å². The molecular formula is C10H13NO. The number of allylic oxidation sites excluding steroid dienone is 1. The van der Waals surface area contributed by atoms with E-state index in [1.165, 1.54) is 0 Å². The predicted molar refractivity (Wildman–Crippen MR) is 49.6 cm³/mol. The standard InChI is InChI=1S/C10H13NO/c1-8(6-9(2)12)10-4-3-5-11-7-10/h3-7,9,12H,1-2H3/b8-6-. The Hall–Kier alpha value is -1.15. The SMILES string of the molecule is C/C(=C/C(C)O)c1cccnc1. The molecule has 12 heavy (non-hydrogen) atoms. The van der Waals surface area contributed by atoms with Crippen LogP contribution in [0.2, 0.25) is 0 Å². The van der Waals surface area contributed by atoms with Crippen molar-refractivity contribution in [2.45, 2.75) is 20.0 Å². The van der Waals surface area contributed by atoms with E-state index in [1.807, 2.05) is 19.1 Å². The summed E-state index contributed by atoms with van der Waals surface area (Å²) in [5, 5.41) is 9.09. The Kier molecular flexibility index (Phi) is 3.00. The van der Waals surface area contributed by atoms with Crippen molar-refractivity contribution >= 4 is 5.57 Å². The fourth-order valence-electron chi connectivity index (χ4n) is 1.05. The number of hydrogen-bond acceptors (Lipinski definition) is 2. The van der Waals surface area contributed by atoms with Crippen LogP contribution in [0.1, 0.15) is 19.4 Å². The van der Waals surface area contributed by atoms with Gasteiger partial charge in [0, 0.05) is 12.4 Å². The van der Waals surface area contributed by atoms with Crippen LogP contribution in [0.5, 0.6) is 0 Å². The number of aromatic nitrogens is 1. The highest BCUT2D eigenvalue weighted by molar-refractivity contribution is 5.62. The minimum atomic E-state index is -0.398. The van der Waals surface area contributed by atoms with Crippen molar-refractivity contribution in [1.29, 1.82) is 0 Å². The maximum Gasteiger partial charge on any atom is 0.0698 e. The first-order valence-electron chi connectivity index (χ1n) is 3.97. The van der Waals surface area contributed by atoms with Crippen molar-refractivity contribution in [1.82, 2.24) is 4.98 Å². The first-order valence-corrected chi connectivity index (χ1v) is 3.97. The molecule has 0 radical (unpaired) electrons. The maximum absolute atomic E-state index is 9.09. The Bertz CT molecular complexity index is 264. The van der Waals surface area contributed by atoms with Gasteiger partial charge >= 0.3 is 0 Å². The number of pyridine rings is 1. The second-order valence-corrected chi connectivity index (χ2v) is 2.83. The Balaban J connectivity index is 2.85. The molecule has 0 aliphatic rings. The molecule has 2 nitrogen and oxygen atoms in total. The molecule has 0 aromatic carbocycles. The summed E-state index contributed by atoms with van der Waals surface area (Å²) in [6, 6.07) is 3.86. The Morgan fingerprint density at radius 1 is 1.67 bits per heavy atom. The van der Waals surface area contributed by atoms with E-state index in [0.717, 1.165) is 11.1 Å². The number of hydrogen-bond donors (Lipinski definition) is 1. The van der Waals surface area contributed by atoms with Crippen molar-refractivity contribution in [2.75, 3.05) is 0 Å². The van der Waals surface area contributed by atoms with Gasteiger partial charge in [-0.05, 0) is 31.1 Å². The zero-order chi connectivity index (χ0) is 8.97. The summed E-state index contributed by atoms with van der Waals surface area (Å²) in [5.41, 5.74) is 2.11. The molecule has 1 unspecified atom stereocenters. The Morgan fingerprint density at radius 3 is 2.92 bits per heavy atom. The minimum absolute atomic E-state index is 0.398. The number of aliphatic hydroxyl groups is 1. The highest BCUT2D eigenvalue weighted by Crippen LogP contribution is 2.11. The molecule has 0 aliphatic carbocycles. The summed E-state index contributed by atoms with van der Waals surface area (Å²) in [6.45, 7) is 3.70. The summed E-state index contributed by atoms with van der Waals surface area (Å²) >= 11 is 0. The van der Waals surface area contributed by atoms with Gasteiger partial charge in [0.1, 0.15) is 0 Å². The molecule has 0 spiro atoms. The lowest BCUT2D eigenvalue weighted by Crippen LogP contribution is -1.94. The van der Waals surface area contributed by atoms with E-state index >= 15 is 0 Å². The van der Waals surface area contributed by atoms with Crippen LogP contribution in [-0.2, 0) is 0 Å². The highest BCUT2D eigenvalue weighted by Gasteiger charge is 1.95. The molecule has 1 aromatic heterocycles. The lowest BCUT2D eigenvalue weighted by atomic mass is 10.1. The van der Waals surface area contributed by atoms with E-state index < -0.39 is 6.10 Å². The third-order valence-electron chi connectivity index (χ3n) is 1.61. The molecule has 0 saturated carbocycles. The van der Waals surface area contributed by atoms with Gasteiger partial charge in [-0.1, -0.05) is 12.1 Å². The first kappa shape index (κ1) is 8.94. The van der Waals surface area contributed by atoms with Gasteiger partial charge in [-0.3, -0.25) is 4.98 Å². The number of nitrogens with zero attached hydrogens (tertiary/aromatic N) is 1. The first-order chi connectivity index (χ1) is 5.70. The largest absolute Gasteiger partial charge is 0.389 e. The average Bonchev–Trinajstić information content (AvgIpc) is 2.05. The van der Waals surface area contributed by atoms with E-state index in [-0.39, 0.29) is 0 Å². The Morgan fingerprint density at radius 2 is 2.42 bits per heavy atom. The van der Waals surface area contributed by atoms with Crippen molar-refractivity contribution in [3.05, 3.63) is 36.2 Å². The van der Waals surface area contributed by atoms with Crippen LogP contribution in [0.15, 0.2) is 30.6 Å². The normalized spacial score (nSPS) is 14.4. The minimum Gasteiger partial charge on any atom is -0.389 e. The molecular weight excluding hydrogens is 150 g/mol. The highest BCUT2D eigenvalue weighted by atomic mass is 16.3. The van der Waals surface area contributed by atoms with E-state index in [9.17, 15) is 0 Å². The van der Waals surface area contributed by atoms with Crippen LogP contribution in [0, 0.1) is 0 Å². The zero-order valence-electron chi connectivity index (χ0n) is 7.36. The van der Waals surface area contributed by atoms with Crippen LogP contribution >= 0.6 is 0 Å². The van der Waals surface area contributed by atoms with Gasteiger partial charge in [0.15, 0.2) is 0 Å². The van der Waals surface area contributed by atoms with Crippen LogP contribution in [0.4, 0.5) is 0 Å². The molecule has 0 fully saturated rings. The van der Waals surface area contributed by atoms with Gasteiger partial charge in [0.25, 0.3) is 0 Å². The van der Waals surface area contributed by atoms with Crippen molar-refractivity contribution in [3.63, 3.8) is 0 Å². The smallest absolute Gasteiger partial charge is 0.0698 e. The summed E-state index contributed by atoms with van der Waals surface area (Å²) < 4.78 is 0. The summed E-state index contributed by atoms with van der Waals surface area (Å²) in [6.07, 6.45) is 4.93. The second kappa shape index (κ2) is 4.02. The molecule has 0 aliphatic heterocycles. The van der Waals surface area contributed by atoms with Gasteiger partial charge in [-0.2, -0.15) is 0 Å². The van der Waals surface area contributed by atoms with Gasteiger partial charge < -0.3 is 5.11 Å². The molecule has 64 valence electrons. The van der Waals surface area contributed by atoms with E-state index in [2.05, 4.69) is 4.98 Å². The lowest BCUT2D eigenvalue weighted by molar-refractivity contribution is 0.244. The monoisotopic (exact) mass is 163 g/mol. The average molecular weight is 163 g/mol. The molecule has 1 N–H and O–H groups in total. The molecule has 1 aromatic rings. The van der Waals surface area contributed by atoms with Crippen LogP contribution < -0.4 is 0 Å². The van der Waals surface area contributed by atoms with Crippen LogP contribution in [0.3, 0.4) is 0 Å². The van der Waals surface area contributed by atoms with Crippen LogP contribution in [-0.4, -0.2) is 16.2 Å². The number of aliphatic hydroxyl groups excluding tert-OH is 1. The van der Waals surface area contributed by atoms with Crippen LogP contribution in [0.25, 0.3) is 5.57 Å². The molecule has 2 heteroatoms.